The van der Waals surface area contributed by atoms with E-state index in [1.54, 1.807) is 0 Å². The van der Waals surface area contributed by atoms with Crippen LogP contribution in [0, 0.1) is 0 Å². The Hall–Kier alpha value is -3.73. The lowest BCUT2D eigenvalue weighted by atomic mass is 9.73. The highest BCUT2D eigenvalue weighted by molar-refractivity contribution is 7.73. The van der Waals surface area contributed by atoms with Gasteiger partial charge in [0.25, 0.3) is 0 Å². The number of ether oxygens (including phenoxy) is 2. The SMILES string of the molecule is CP1c2cccc3c2C2(NCO3)c3c1ccc1c3C3c4c-1ccc1c4C4(NCOc5cccc(c54)P1C)[n+]1cnc[n+]2c13. The number of aromatic nitrogens is 3. The molecule has 1 aromatic heterocycles. The van der Waals surface area contributed by atoms with E-state index in [4.69, 9.17) is 14.5 Å². The molecule has 206 valence electrons. The topological polar surface area (TPSA) is 63.2 Å². The van der Waals surface area contributed by atoms with E-state index < -0.39 is 27.2 Å². The molecule has 9 heteroatoms. The van der Waals surface area contributed by atoms with Crippen LogP contribution in [0.3, 0.4) is 0 Å². The predicted molar refractivity (Wildman–Crippen MR) is 164 cm³/mol. The van der Waals surface area contributed by atoms with E-state index in [2.05, 4.69) is 106 Å². The van der Waals surface area contributed by atoms with Crippen LogP contribution in [0.25, 0.3) is 11.1 Å². The van der Waals surface area contributed by atoms with Crippen LogP contribution in [-0.4, -0.2) is 31.8 Å². The zero-order valence-electron chi connectivity index (χ0n) is 23.5. The molecule has 7 heterocycles. The summed E-state index contributed by atoms with van der Waals surface area (Å²) in [5, 5.41) is 13.6. The van der Waals surface area contributed by atoms with E-state index in [9.17, 15) is 0 Å². The van der Waals surface area contributed by atoms with Gasteiger partial charge in [0.1, 0.15) is 30.9 Å². The number of rotatable bonds is 0. The Morgan fingerprint density at radius 1 is 0.674 bits per heavy atom. The molecule has 12 rings (SSSR count). The Bertz CT molecular complexity index is 2090. The highest BCUT2D eigenvalue weighted by Crippen LogP contribution is 2.62. The zero-order valence-corrected chi connectivity index (χ0v) is 25.3. The molecule has 5 aromatic rings. The fraction of sp³-hybridized carbons (Fsp3) is 0.206. The van der Waals surface area contributed by atoms with Crippen LogP contribution in [0.2, 0.25) is 0 Å². The number of hydrogen-bond acceptors (Lipinski definition) is 5. The van der Waals surface area contributed by atoms with Gasteiger partial charge in [-0.15, -0.1) is 9.13 Å². The van der Waals surface area contributed by atoms with Crippen molar-refractivity contribution in [2.75, 3.05) is 26.8 Å². The molecule has 0 saturated heterocycles. The van der Waals surface area contributed by atoms with Crippen molar-refractivity contribution in [3.05, 3.63) is 113 Å². The second-order valence-corrected chi connectivity index (χ2v) is 16.7. The summed E-state index contributed by atoms with van der Waals surface area (Å²) in [5.74, 6) is 3.32. The van der Waals surface area contributed by atoms with Crippen LogP contribution in [-0.2, 0) is 11.3 Å². The highest BCUT2D eigenvalue weighted by atomic mass is 31.1. The molecular weight excluding hydrogens is 572 g/mol. The Balaban J connectivity index is 1.34. The predicted octanol–water partition coefficient (Wildman–Crippen LogP) is 1.57. The van der Waals surface area contributed by atoms with Gasteiger partial charge in [-0.3, -0.25) is 0 Å². The molecular formula is C34H25N5O2P2+2. The summed E-state index contributed by atoms with van der Waals surface area (Å²) >= 11 is 0. The van der Waals surface area contributed by atoms with Gasteiger partial charge >= 0.3 is 18.5 Å². The molecule has 7 aliphatic rings. The lowest BCUT2D eigenvalue weighted by Crippen LogP contribution is -2.83. The minimum atomic E-state index is -0.611. The van der Waals surface area contributed by atoms with Gasteiger partial charge in [0, 0.05) is 11.1 Å². The summed E-state index contributed by atoms with van der Waals surface area (Å²) in [6, 6.07) is 22.9. The molecule has 1 aliphatic carbocycles. The molecule has 6 aliphatic heterocycles. The van der Waals surface area contributed by atoms with Crippen LogP contribution in [0.4, 0.5) is 0 Å². The Kier molecular flexibility index (Phi) is 3.69. The standard InChI is InChI=1S/C34H25N5O2P2/c1-42-21-7-3-5-19-28(21)33(36-15-40-19)30-23(42)11-9-17-18-10-12-24-31-26(18)27(25(17)30)32-38(33)13-35-14-39(32)34(31)29-20(41-16-37-34)6-4-8-22(29)43(24)2/h3-14,27,36-37H,15-16H2,1-2H3/q+2. The maximum Gasteiger partial charge on any atom is 0.360 e. The molecule has 0 bridgehead atoms. The minimum Gasteiger partial charge on any atom is -0.478 e. The van der Waals surface area contributed by atoms with Crippen molar-refractivity contribution in [2.45, 2.75) is 17.2 Å². The molecule has 0 fully saturated rings. The van der Waals surface area contributed by atoms with Gasteiger partial charge in [-0.25, -0.2) is 10.6 Å². The molecule has 0 radical (unpaired) electrons. The number of nitrogens with one attached hydrogen (secondary N) is 2. The molecule has 4 unspecified atom stereocenters. The second-order valence-electron chi connectivity index (χ2n) is 12.5. The normalized spacial score (nSPS) is 29.1. The van der Waals surface area contributed by atoms with Crippen molar-refractivity contribution in [3.63, 3.8) is 0 Å². The number of nitrogens with zero attached hydrogens (tertiary/aromatic N) is 3. The minimum absolute atomic E-state index is 0.123. The molecule has 43 heavy (non-hydrogen) atoms. The Morgan fingerprint density at radius 2 is 1.16 bits per heavy atom. The zero-order chi connectivity index (χ0) is 28.0. The molecule has 0 saturated carbocycles. The summed E-state index contributed by atoms with van der Waals surface area (Å²) in [4.78, 5) is 5.05. The smallest absolute Gasteiger partial charge is 0.360 e. The average Bonchev–Trinajstić information content (AvgIpc) is 3.39. The molecule has 2 N–H and O–H groups in total. The molecule has 0 amide bonds. The van der Waals surface area contributed by atoms with Crippen molar-refractivity contribution < 1.29 is 18.6 Å². The monoisotopic (exact) mass is 597 g/mol. The number of fused-ring (bicyclic) bond motifs is 1. The first-order valence-electron chi connectivity index (χ1n) is 14.8. The fourth-order valence-electron chi connectivity index (χ4n) is 9.72. The van der Waals surface area contributed by atoms with Crippen LogP contribution < -0.4 is 50.5 Å². The van der Waals surface area contributed by atoms with Gasteiger partial charge in [-0.1, -0.05) is 48.5 Å². The molecule has 7 nitrogen and oxygen atoms in total. The first-order chi connectivity index (χ1) is 21.2. The van der Waals surface area contributed by atoms with Crippen LogP contribution in [0.15, 0.2) is 73.3 Å². The van der Waals surface area contributed by atoms with Crippen molar-refractivity contribution in [1.82, 2.24) is 15.6 Å². The van der Waals surface area contributed by atoms with E-state index in [0.717, 1.165) is 11.5 Å². The molecule has 4 aromatic carbocycles. The van der Waals surface area contributed by atoms with Crippen LogP contribution >= 0.6 is 15.8 Å². The summed E-state index contributed by atoms with van der Waals surface area (Å²) < 4.78 is 17.6. The lowest BCUT2D eigenvalue weighted by molar-refractivity contribution is -0.890. The van der Waals surface area contributed by atoms with Gasteiger partial charge in [-0.2, -0.15) is 0 Å². The first kappa shape index (κ1) is 22.8. The van der Waals surface area contributed by atoms with Crippen molar-refractivity contribution in [3.8, 4) is 22.6 Å². The third kappa shape index (κ3) is 2.12. The fourth-order valence-corrected chi connectivity index (χ4v) is 13.9. The summed E-state index contributed by atoms with van der Waals surface area (Å²) in [6.07, 6.45) is 4.14. The Morgan fingerprint density at radius 3 is 1.67 bits per heavy atom. The maximum atomic E-state index is 6.34. The third-order valence-electron chi connectivity index (χ3n) is 11.2. The average molecular weight is 598 g/mol. The van der Waals surface area contributed by atoms with Crippen molar-refractivity contribution >= 4 is 37.1 Å². The highest BCUT2D eigenvalue weighted by Gasteiger charge is 2.69. The van der Waals surface area contributed by atoms with E-state index in [1.807, 2.05) is 0 Å². The van der Waals surface area contributed by atoms with Gasteiger partial charge in [0.15, 0.2) is 0 Å². The van der Waals surface area contributed by atoms with Crippen LogP contribution in [0.5, 0.6) is 11.5 Å². The number of hydrogen-bond donors (Lipinski definition) is 2. The third-order valence-corrected chi connectivity index (χ3v) is 15.5. The van der Waals surface area contributed by atoms with Gasteiger partial charge < -0.3 is 9.47 Å². The second kappa shape index (κ2) is 6.98. The first-order valence-corrected chi connectivity index (χ1v) is 18.4. The molecule has 2 spiro atoms. The van der Waals surface area contributed by atoms with E-state index in [-0.39, 0.29) is 5.92 Å². The lowest BCUT2D eigenvalue weighted by Gasteiger charge is -2.50. The van der Waals surface area contributed by atoms with E-state index >= 15 is 0 Å². The van der Waals surface area contributed by atoms with E-state index in [1.165, 1.54) is 71.6 Å². The van der Waals surface area contributed by atoms with E-state index in [0.29, 0.717) is 13.5 Å². The summed E-state index contributed by atoms with van der Waals surface area (Å²) in [5.41, 5.74) is 9.78. The quantitative estimate of drug-likeness (QED) is 0.206. The summed E-state index contributed by atoms with van der Waals surface area (Å²) in [6.45, 7) is 5.69. The van der Waals surface area contributed by atoms with Crippen molar-refractivity contribution in [2.24, 2.45) is 0 Å². The van der Waals surface area contributed by atoms with Crippen LogP contribution in [0.1, 0.15) is 45.1 Å². The molecule has 4 atom stereocenters. The van der Waals surface area contributed by atoms with Gasteiger partial charge in [-0.05, 0) is 84.8 Å². The van der Waals surface area contributed by atoms with Gasteiger partial charge in [0.05, 0.1) is 16.1 Å². The Labute approximate surface area is 250 Å². The largest absolute Gasteiger partial charge is 0.478 e. The maximum absolute atomic E-state index is 6.34. The number of benzene rings is 4. The van der Waals surface area contributed by atoms with Crippen molar-refractivity contribution in [1.29, 1.82) is 0 Å². The van der Waals surface area contributed by atoms with Gasteiger partial charge in [0.2, 0.25) is 11.3 Å². The summed E-state index contributed by atoms with van der Waals surface area (Å²) in [7, 11) is -1.13.